The molecule has 0 saturated heterocycles. The first-order valence-corrected chi connectivity index (χ1v) is 6.46. The molecule has 0 radical (unpaired) electrons. The SMILES string of the molecule is COc1cc(C(=O)Nc2n[nH]c(C)n2)cc(OC)c1Br. The summed E-state index contributed by atoms with van der Waals surface area (Å²) in [5, 5.41) is 9.07. The van der Waals surface area contributed by atoms with E-state index in [1.807, 2.05) is 0 Å². The highest BCUT2D eigenvalue weighted by molar-refractivity contribution is 9.10. The zero-order valence-electron chi connectivity index (χ0n) is 11.2. The number of methoxy groups -OCH3 is 2. The fraction of sp³-hybridized carbons (Fsp3) is 0.250. The van der Waals surface area contributed by atoms with E-state index in [9.17, 15) is 4.79 Å². The lowest BCUT2D eigenvalue weighted by Gasteiger charge is -2.10. The van der Waals surface area contributed by atoms with Crippen molar-refractivity contribution in [2.24, 2.45) is 0 Å². The van der Waals surface area contributed by atoms with Gasteiger partial charge >= 0.3 is 0 Å². The monoisotopic (exact) mass is 340 g/mol. The molecule has 7 nitrogen and oxygen atoms in total. The first kappa shape index (κ1) is 14.3. The van der Waals surface area contributed by atoms with E-state index in [4.69, 9.17) is 9.47 Å². The zero-order valence-corrected chi connectivity index (χ0v) is 12.7. The van der Waals surface area contributed by atoms with Crippen molar-refractivity contribution in [2.45, 2.75) is 6.92 Å². The lowest BCUT2D eigenvalue weighted by Crippen LogP contribution is -2.13. The van der Waals surface area contributed by atoms with Crippen LogP contribution >= 0.6 is 15.9 Å². The summed E-state index contributed by atoms with van der Waals surface area (Å²) in [6.45, 7) is 1.74. The summed E-state index contributed by atoms with van der Waals surface area (Å²) in [5.41, 5.74) is 0.379. The third kappa shape index (κ3) is 2.90. The molecule has 0 aliphatic heterocycles. The van der Waals surface area contributed by atoms with Gasteiger partial charge in [0, 0.05) is 5.56 Å². The number of hydrogen-bond acceptors (Lipinski definition) is 5. The molecule has 1 aromatic carbocycles. The van der Waals surface area contributed by atoms with Crippen molar-refractivity contribution in [1.82, 2.24) is 15.2 Å². The molecule has 1 amide bonds. The van der Waals surface area contributed by atoms with Gasteiger partial charge in [0.1, 0.15) is 21.8 Å². The quantitative estimate of drug-likeness (QED) is 0.889. The number of nitrogens with one attached hydrogen (secondary N) is 2. The van der Waals surface area contributed by atoms with Gasteiger partial charge in [-0.3, -0.25) is 15.2 Å². The van der Waals surface area contributed by atoms with E-state index in [0.29, 0.717) is 27.4 Å². The normalized spacial score (nSPS) is 10.2. The van der Waals surface area contributed by atoms with Crippen LogP contribution in [0.4, 0.5) is 5.95 Å². The summed E-state index contributed by atoms with van der Waals surface area (Å²) in [4.78, 5) is 16.1. The van der Waals surface area contributed by atoms with Crippen LogP contribution in [-0.4, -0.2) is 35.3 Å². The number of H-pyrrole nitrogens is 1. The van der Waals surface area contributed by atoms with Crippen molar-refractivity contribution in [3.8, 4) is 11.5 Å². The van der Waals surface area contributed by atoms with E-state index >= 15 is 0 Å². The second kappa shape index (κ2) is 5.91. The molecule has 0 unspecified atom stereocenters. The van der Waals surface area contributed by atoms with Gasteiger partial charge in [-0.15, -0.1) is 5.10 Å². The summed E-state index contributed by atoms with van der Waals surface area (Å²) in [5.74, 6) is 1.48. The summed E-state index contributed by atoms with van der Waals surface area (Å²) >= 11 is 3.34. The fourth-order valence-electron chi connectivity index (χ4n) is 1.57. The Morgan fingerprint density at radius 2 is 1.90 bits per heavy atom. The predicted molar refractivity (Wildman–Crippen MR) is 76.3 cm³/mol. The molecule has 20 heavy (non-hydrogen) atoms. The Hall–Kier alpha value is -2.09. The Labute approximate surface area is 123 Å². The zero-order chi connectivity index (χ0) is 14.7. The number of ether oxygens (including phenoxy) is 2. The maximum absolute atomic E-state index is 12.1. The number of carbonyl (C=O) groups excluding carboxylic acids is 1. The molecule has 106 valence electrons. The predicted octanol–water partition coefficient (Wildman–Crippen LogP) is 2.15. The Kier molecular flexibility index (Phi) is 4.23. The molecule has 1 aromatic heterocycles. The molecule has 1 heterocycles. The lowest BCUT2D eigenvalue weighted by molar-refractivity contribution is 0.102. The molecule has 8 heteroatoms. The van der Waals surface area contributed by atoms with Gasteiger partial charge in [-0.2, -0.15) is 4.98 Å². The van der Waals surface area contributed by atoms with Gasteiger partial charge in [-0.05, 0) is 35.0 Å². The van der Waals surface area contributed by atoms with Gasteiger partial charge in [-0.1, -0.05) is 0 Å². The van der Waals surface area contributed by atoms with E-state index in [2.05, 4.69) is 36.4 Å². The van der Waals surface area contributed by atoms with Gasteiger partial charge in [0.15, 0.2) is 0 Å². The van der Waals surface area contributed by atoms with Crippen LogP contribution in [0, 0.1) is 6.92 Å². The molecule has 0 atom stereocenters. The Morgan fingerprint density at radius 3 is 2.35 bits per heavy atom. The van der Waals surface area contributed by atoms with Crippen molar-refractivity contribution >= 4 is 27.8 Å². The molecule has 0 saturated carbocycles. The maximum Gasteiger partial charge on any atom is 0.258 e. The number of aromatic amines is 1. The van der Waals surface area contributed by atoms with Crippen molar-refractivity contribution in [3.05, 3.63) is 28.0 Å². The molecule has 0 fully saturated rings. The molecule has 2 N–H and O–H groups in total. The number of amides is 1. The molecular formula is C12H13BrN4O3. The summed E-state index contributed by atoms with van der Waals surface area (Å²) in [6, 6.07) is 3.20. The number of anilines is 1. The van der Waals surface area contributed by atoms with Gasteiger partial charge < -0.3 is 9.47 Å². The van der Waals surface area contributed by atoms with Crippen LogP contribution < -0.4 is 14.8 Å². The first-order chi connectivity index (χ1) is 9.55. The van der Waals surface area contributed by atoms with Crippen LogP contribution in [0.3, 0.4) is 0 Å². The Bertz CT molecular complexity index is 616. The van der Waals surface area contributed by atoms with Crippen molar-refractivity contribution in [3.63, 3.8) is 0 Å². The molecule has 2 aromatic rings. The second-order valence-corrected chi connectivity index (χ2v) is 4.69. The largest absolute Gasteiger partial charge is 0.495 e. The number of benzene rings is 1. The van der Waals surface area contributed by atoms with E-state index < -0.39 is 0 Å². The summed E-state index contributed by atoms with van der Waals surface area (Å²) in [6.07, 6.45) is 0. The van der Waals surface area contributed by atoms with Crippen LogP contribution in [0.15, 0.2) is 16.6 Å². The highest BCUT2D eigenvalue weighted by Gasteiger charge is 2.15. The van der Waals surface area contributed by atoms with E-state index in [1.54, 1.807) is 19.1 Å². The van der Waals surface area contributed by atoms with Crippen LogP contribution in [0.5, 0.6) is 11.5 Å². The fourth-order valence-corrected chi connectivity index (χ4v) is 2.13. The van der Waals surface area contributed by atoms with Crippen LogP contribution in [0.1, 0.15) is 16.2 Å². The van der Waals surface area contributed by atoms with Crippen molar-refractivity contribution < 1.29 is 14.3 Å². The van der Waals surface area contributed by atoms with Crippen LogP contribution in [0.2, 0.25) is 0 Å². The van der Waals surface area contributed by atoms with E-state index in [1.165, 1.54) is 14.2 Å². The Morgan fingerprint density at radius 1 is 1.30 bits per heavy atom. The maximum atomic E-state index is 12.1. The smallest absolute Gasteiger partial charge is 0.258 e. The molecule has 0 aliphatic carbocycles. The molecule has 2 rings (SSSR count). The number of rotatable bonds is 4. The number of aryl methyl sites for hydroxylation is 1. The number of aromatic nitrogens is 3. The minimum atomic E-state index is -0.354. The molecule has 0 aliphatic rings. The summed E-state index contributed by atoms with van der Waals surface area (Å²) in [7, 11) is 3.03. The molecular weight excluding hydrogens is 328 g/mol. The van der Waals surface area contributed by atoms with Gasteiger partial charge in [0.2, 0.25) is 5.95 Å². The third-order valence-corrected chi connectivity index (χ3v) is 3.31. The standard InChI is InChI=1S/C12H13BrN4O3/c1-6-14-12(17-16-6)15-11(18)7-4-8(19-2)10(13)9(5-7)20-3/h4-5H,1-3H3,(H2,14,15,16,17,18). The van der Waals surface area contributed by atoms with Crippen molar-refractivity contribution in [2.75, 3.05) is 19.5 Å². The highest BCUT2D eigenvalue weighted by Crippen LogP contribution is 2.35. The second-order valence-electron chi connectivity index (χ2n) is 3.89. The number of carbonyl (C=O) groups is 1. The average Bonchev–Trinajstić information content (AvgIpc) is 2.84. The molecule has 0 bridgehead atoms. The highest BCUT2D eigenvalue weighted by atomic mass is 79.9. The van der Waals surface area contributed by atoms with Gasteiger partial charge in [-0.25, -0.2) is 0 Å². The topological polar surface area (TPSA) is 89.1 Å². The number of nitrogens with zero attached hydrogens (tertiary/aromatic N) is 2. The third-order valence-electron chi connectivity index (χ3n) is 2.53. The van der Waals surface area contributed by atoms with E-state index in [0.717, 1.165) is 0 Å². The molecule has 0 spiro atoms. The lowest BCUT2D eigenvalue weighted by atomic mass is 10.2. The number of halogens is 1. The van der Waals surface area contributed by atoms with Gasteiger partial charge in [0.25, 0.3) is 5.91 Å². The Balaban J connectivity index is 2.29. The first-order valence-electron chi connectivity index (χ1n) is 5.67. The summed E-state index contributed by atoms with van der Waals surface area (Å²) < 4.78 is 11.0. The average molecular weight is 341 g/mol. The van der Waals surface area contributed by atoms with Gasteiger partial charge in [0.05, 0.1) is 14.2 Å². The minimum absolute atomic E-state index is 0.216. The van der Waals surface area contributed by atoms with E-state index in [-0.39, 0.29) is 11.9 Å². The van der Waals surface area contributed by atoms with Crippen LogP contribution in [-0.2, 0) is 0 Å². The van der Waals surface area contributed by atoms with Crippen molar-refractivity contribution in [1.29, 1.82) is 0 Å². The van der Waals surface area contributed by atoms with Crippen LogP contribution in [0.25, 0.3) is 0 Å². The minimum Gasteiger partial charge on any atom is -0.495 e. The number of hydrogen-bond donors (Lipinski definition) is 2.